The predicted octanol–water partition coefficient (Wildman–Crippen LogP) is 2.31. The van der Waals surface area contributed by atoms with Crippen LogP contribution in [0.2, 0.25) is 0 Å². The van der Waals surface area contributed by atoms with E-state index in [4.69, 9.17) is 0 Å². The molecule has 1 aromatic rings. The lowest BCUT2D eigenvalue weighted by molar-refractivity contribution is -0.129. The van der Waals surface area contributed by atoms with Crippen LogP contribution in [-0.2, 0) is 11.2 Å². The Morgan fingerprint density at radius 3 is 2.72 bits per heavy atom. The molecule has 0 saturated carbocycles. The molecule has 0 unspecified atom stereocenters. The Labute approximate surface area is 121 Å². The molecule has 2 rings (SSSR count). The number of ketones is 1. The van der Waals surface area contributed by atoms with Gasteiger partial charge in [0.1, 0.15) is 0 Å². The number of carbonyl (C=O) groups is 1. The third-order valence-corrected chi connectivity index (χ3v) is 5.24. The molecule has 0 spiro atoms. The molecule has 3 nitrogen and oxygen atoms in total. The maximum Gasteiger partial charge on any atom is 0.157 e. The molecule has 0 radical (unpaired) electrons. The molecule has 0 aliphatic carbocycles. The van der Waals surface area contributed by atoms with Gasteiger partial charge in [-0.1, -0.05) is 0 Å². The molecule has 1 aromatic heterocycles. The van der Waals surface area contributed by atoms with Gasteiger partial charge in [-0.15, -0.1) is 11.3 Å². The summed E-state index contributed by atoms with van der Waals surface area (Å²) in [6.07, 6.45) is 0.535. The number of Topliss-reactive ketones (excluding diaryl/α,β-unsaturated/α-hetero) is 1. The Balaban J connectivity index is 2.02. The maximum atomic E-state index is 12.5. The van der Waals surface area contributed by atoms with Gasteiger partial charge in [-0.25, -0.2) is 0 Å². The number of nitrogens with zero attached hydrogens (tertiary/aromatic N) is 1. The van der Waals surface area contributed by atoms with E-state index < -0.39 is 0 Å². The van der Waals surface area contributed by atoms with E-state index in [0.717, 1.165) is 35.5 Å². The number of carbonyl (C=O) groups excluding carboxylic acids is 1. The van der Waals surface area contributed by atoms with Crippen molar-refractivity contribution in [1.29, 1.82) is 0 Å². The van der Waals surface area contributed by atoms with Crippen LogP contribution in [0.15, 0.2) is 15.9 Å². The summed E-state index contributed by atoms with van der Waals surface area (Å²) < 4.78 is 1.07. The van der Waals surface area contributed by atoms with Gasteiger partial charge in [0.25, 0.3) is 0 Å². The van der Waals surface area contributed by atoms with E-state index in [1.165, 1.54) is 0 Å². The van der Waals surface area contributed by atoms with E-state index in [0.29, 0.717) is 12.2 Å². The second-order valence-corrected chi connectivity index (χ2v) is 7.04. The first kappa shape index (κ1) is 14.2. The number of hydrogen-bond donors (Lipinski definition) is 1. The minimum absolute atomic E-state index is 0.304. The van der Waals surface area contributed by atoms with Crippen molar-refractivity contribution in [2.45, 2.75) is 25.8 Å². The fraction of sp³-hybridized carbons (Fsp3) is 0.615. The molecule has 1 aliphatic heterocycles. The van der Waals surface area contributed by atoms with E-state index in [9.17, 15) is 4.79 Å². The number of nitrogens with one attached hydrogen (secondary N) is 1. The second-order valence-electron chi connectivity index (χ2n) is 5.13. The summed E-state index contributed by atoms with van der Waals surface area (Å²) >= 11 is 5.07. The van der Waals surface area contributed by atoms with Crippen LogP contribution in [0.3, 0.4) is 0 Å². The quantitative estimate of drug-likeness (QED) is 0.919. The summed E-state index contributed by atoms with van der Waals surface area (Å²) in [5, 5.41) is 5.35. The van der Waals surface area contributed by atoms with Crippen LogP contribution in [0.25, 0.3) is 0 Å². The van der Waals surface area contributed by atoms with E-state index in [2.05, 4.69) is 26.1 Å². The summed E-state index contributed by atoms with van der Waals surface area (Å²) in [5.74, 6) is 0.304. The van der Waals surface area contributed by atoms with E-state index in [1.807, 2.05) is 25.3 Å². The van der Waals surface area contributed by atoms with E-state index >= 15 is 0 Å². The zero-order valence-electron chi connectivity index (χ0n) is 10.8. The van der Waals surface area contributed by atoms with Crippen LogP contribution >= 0.6 is 27.3 Å². The number of halogens is 1. The molecular formula is C13H19BrN2OS. The fourth-order valence-electron chi connectivity index (χ4n) is 2.22. The molecule has 2 heterocycles. The van der Waals surface area contributed by atoms with Gasteiger partial charge in [0, 0.05) is 47.3 Å². The fourth-order valence-corrected chi connectivity index (χ4v) is 3.67. The maximum absolute atomic E-state index is 12.5. The van der Waals surface area contributed by atoms with Crippen molar-refractivity contribution in [3.63, 3.8) is 0 Å². The summed E-state index contributed by atoms with van der Waals surface area (Å²) in [4.78, 5) is 15.9. The normalized spacial score (nSPS) is 17.9. The molecule has 1 aliphatic rings. The van der Waals surface area contributed by atoms with Gasteiger partial charge >= 0.3 is 0 Å². The van der Waals surface area contributed by atoms with Crippen molar-refractivity contribution >= 4 is 33.0 Å². The minimum Gasteiger partial charge on any atom is -0.314 e. The van der Waals surface area contributed by atoms with Crippen LogP contribution in [0.5, 0.6) is 0 Å². The SMILES string of the molecule is CC(C)(C(=O)Cc1cc(Br)cs1)N1CCNCC1. The van der Waals surface area contributed by atoms with Crippen molar-refractivity contribution in [3.8, 4) is 0 Å². The summed E-state index contributed by atoms with van der Waals surface area (Å²) in [6.45, 7) is 7.94. The molecule has 100 valence electrons. The van der Waals surface area contributed by atoms with Gasteiger partial charge < -0.3 is 5.32 Å². The first-order valence-corrected chi connectivity index (χ1v) is 7.89. The Morgan fingerprint density at radius 2 is 2.17 bits per heavy atom. The van der Waals surface area contributed by atoms with Gasteiger partial charge in [0.05, 0.1) is 5.54 Å². The first-order valence-electron chi connectivity index (χ1n) is 6.22. The highest BCUT2D eigenvalue weighted by molar-refractivity contribution is 9.10. The zero-order chi connectivity index (χ0) is 13.2. The molecule has 0 aromatic carbocycles. The average molecular weight is 331 g/mol. The van der Waals surface area contributed by atoms with Gasteiger partial charge in [-0.05, 0) is 35.8 Å². The Bertz CT molecular complexity index is 424. The summed E-state index contributed by atoms with van der Waals surface area (Å²) in [7, 11) is 0. The van der Waals surface area contributed by atoms with Crippen molar-refractivity contribution < 1.29 is 4.79 Å². The van der Waals surface area contributed by atoms with Gasteiger partial charge in [-0.3, -0.25) is 9.69 Å². The number of piperazine rings is 1. The zero-order valence-corrected chi connectivity index (χ0v) is 13.2. The van der Waals surface area contributed by atoms with Gasteiger partial charge in [0.15, 0.2) is 5.78 Å². The third-order valence-electron chi connectivity index (χ3n) is 3.55. The summed E-state index contributed by atoms with van der Waals surface area (Å²) in [5.41, 5.74) is -0.363. The molecular weight excluding hydrogens is 312 g/mol. The first-order chi connectivity index (χ1) is 8.50. The standard InChI is InChI=1S/C13H19BrN2OS/c1-13(2,16-5-3-15-4-6-16)12(17)8-11-7-10(14)9-18-11/h7,9,15H,3-6,8H2,1-2H3. The molecule has 1 saturated heterocycles. The molecule has 0 bridgehead atoms. The minimum atomic E-state index is -0.363. The number of rotatable bonds is 4. The Hall–Kier alpha value is -0.230. The van der Waals surface area contributed by atoms with Crippen molar-refractivity contribution in [2.75, 3.05) is 26.2 Å². The Kier molecular flexibility index (Phi) is 4.59. The molecule has 0 amide bonds. The van der Waals surface area contributed by atoms with Gasteiger partial charge in [-0.2, -0.15) is 0 Å². The highest BCUT2D eigenvalue weighted by Gasteiger charge is 2.34. The predicted molar refractivity (Wildman–Crippen MR) is 79.3 cm³/mol. The molecule has 1 N–H and O–H groups in total. The van der Waals surface area contributed by atoms with Crippen molar-refractivity contribution in [2.24, 2.45) is 0 Å². The summed E-state index contributed by atoms with van der Waals surface area (Å²) in [6, 6.07) is 2.04. The molecule has 5 heteroatoms. The van der Waals surface area contributed by atoms with Crippen LogP contribution in [0.4, 0.5) is 0 Å². The largest absolute Gasteiger partial charge is 0.314 e. The van der Waals surface area contributed by atoms with Crippen molar-refractivity contribution in [3.05, 3.63) is 20.8 Å². The third kappa shape index (κ3) is 3.20. The topological polar surface area (TPSA) is 32.3 Å². The highest BCUT2D eigenvalue weighted by Crippen LogP contribution is 2.24. The van der Waals surface area contributed by atoms with E-state index in [1.54, 1.807) is 11.3 Å². The van der Waals surface area contributed by atoms with Crippen LogP contribution in [0, 0.1) is 0 Å². The Morgan fingerprint density at radius 1 is 1.50 bits per heavy atom. The average Bonchev–Trinajstić information content (AvgIpc) is 2.76. The van der Waals surface area contributed by atoms with E-state index in [-0.39, 0.29) is 5.54 Å². The molecule has 0 atom stereocenters. The van der Waals surface area contributed by atoms with Gasteiger partial charge in [0.2, 0.25) is 0 Å². The smallest absolute Gasteiger partial charge is 0.157 e. The molecule has 18 heavy (non-hydrogen) atoms. The highest BCUT2D eigenvalue weighted by atomic mass is 79.9. The van der Waals surface area contributed by atoms with Crippen LogP contribution < -0.4 is 5.32 Å². The second kappa shape index (κ2) is 5.82. The number of hydrogen-bond acceptors (Lipinski definition) is 4. The van der Waals surface area contributed by atoms with Crippen LogP contribution in [0.1, 0.15) is 18.7 Å². The molecule has 1 fully saturated rings. The van der Waals surface area contributed by atoms with Crippen LogP contribution in [-0.4, -0.2) is 42.4 Å². The van der Waals surface area contributed by atoms with Crippen molar-refractivity contribution in [1.82, 2.24) is 10.2 Å². The lowest BCUT2D eigenvalue weighted by Crippen LogP contribution is -2.57. The lowest BCUT2D eigenvalue weighted by Gasteiger charge is -2.40. The monoisotopic (exact) mass is 330 g/mol. The lowest BCUT2D eigenvalue weighted by atomic mass is 9.93. The number of thiophene rings is 1.